The molecule has 0 aliphatic heterocycles. The monoisotopic (exact) mass is 428 g/mol. The van der Waals surface area contributed by atoms with Crippen LogP contribution < -0.4 is 10.1 Å². The number of hydrogen-bond donors (Lipinski definition) is 1. The Bertz CT molecular complexity index is 1200. The number of nitrogens with zero attached hydrogens (tertiary/aromatic N) is 1. The molecule has 0 radical (unpaired) electrons. The van der Waals surface area contributed by atoms with E-state index >= 15 is 0 Å². The number of aryl methyl sites for hydroxylation is 1. The zero-order valence-electron chi connectivity index (χ0n) is 18.2. The number of aromatic nitrogens is 1. The lowest BCUT2D eigenvalue weighted by atomic mass is 10.0. The Balaban J connectivity index is 1.49. The Morgan fingerprint density at radius 1 is 0.938 bits per heavy atom. The van der Waals surface area contributed by atoms with Crippen molar-refractivity contribution >= 4 is 11.8 Å². The first-order chi connectivity index (χ1) is 15.5. The summed E-state index contributed by atoms with van der Waals surface area (Å²) in [6.45, 7) is 3.57. The summed E-state index contributed by atoms with van der Waals surface area (Å²) >= 11 is 0. The fraction of sp³-hybridized carbons (Fsp3) is 0.154. The summed E-state index contributed by atoms with van der Waals surface area (Å²) in [5.41, 5.74) is 4.91. The largest absolute Gasteiger partial charge is 0.497 e. The molecular weight excluding hydrogens is 404 g/mol. The number of nitrogens with one attached hydrogen (secondary N) is 1. The van der Waals surface area contributed by atoms with Gasteiger partial charge in [0.2, 0.25) is 0 Å². The van der Waals surface area contributed by atoms with Gasteiger partial charge in [-0.3, -0.25) is 5.32 Å². The third-order valence-corrected chi connectivity index (χ3v) is 5.19. The molecular formula is C26H24N2O4. The van der Waals surface area contributed by atoms with Crippen LogP contribution in [0, 0.1) is 6.92 Å². The van der Waals surface area contributed by atoms with Crippen LogP contribution in [0.1, 0.15) is 24.3 Å². The van der Waals surface area contributed by atoms with Gasteiger partial charge in [0.1, 0.15) is 23.2 Å². The van der Waals surface area contributed by atoms with Gasteiger partial charge in [0, 0.05) is 5.56 Å². The Labute approximate surface area is 186 Å². The first-order valence-corrected chi connectivity index (χ1v) is 10.3. The van der Waals surface area contributed by atoms with E-state index in [2.05, 4.69) is 22.6 Å². The van der Waals surface area contributed by atoms with Gasteiger partial charge in [-0.1, -0.05) is 71.9 Å². The molecule has 32 heavy (non-hydrogen) atoms. The van der Waals surface area contributed by atoms with Crippen LogP contribution in [0.2, 0.25) is 0 Å². The quantitative estimate of drug-likeness (QED) is 0.373. The summed E-state index contributed by atoms with van der Waals surface area (Å²) in [6.07, 6.45) is -1.05. The van der Waals surface area contributed by atoms with Crippen molar-refractivity contribution in [2.24, 2.45) is 0 Å². The molecule has 4 rings (SSSR count). The number of hydrogen-bond acceptors (Lipinski definition) is 5. The third-order valence-electron chi connectivity index (χ3n) is 5.19. The van der Waals surface area contributed by atoms with Crippen molar-refractivity contribution in [2.75, 3.05) is 12.4 Å². The molecule has 6 heteroatoms. The standard InChI is InChI=1S/C26H24N2O4/c1-17-24(27-26(29)31-18(2)22-10-7-11-23(16-22)30-3)25(32-28-17)21-14-12-20(13-15-21)19-8-5-4-6-9-19/h4-16,18H,1-3H3,(H,27,29)/t18-/m1/s1. The van der Waals surface area contributed by atoms with Crippen LogP contribution in [0.15, 0.2) is 83.4 Å². The minimum atomic E-state index is -0.589. The zero-order valence-corrected chi connectivity index (χ0v) is 18.2. The van der Waals surface area contributed by atoms with Gasteiger partial charge < -0.3 is 14.0 Å². The average Bonchev–Trinajstić information content (AvgIpc) is 3.19. The van der Waals surface area contributed by atoms with E-state index in [0.717, 1.165) is 22.3 Å². The highest BCUT2D eigenvalue weighted by Crippen LogP contribution is 2.33. The Morgan fingerprint density at radius 3 is 2.34 bits per heavy atom. The number of rotatable bonds is 6. The number of benzene rings is 3. The number of carbonyl (C=O) groups excluding carboxylic acids is 1. The van der Waals surface area contributed by atoms with E-state index in [4.69, 9.17) is 14.0 Å². The smallest absolute Gasteiger partial charge is 0.412 e. The van der Waals surface area contributed by atoms with Crippen LogP contribution in [0.3, 0.4) is 0 Å². The molecule has 0 saturated carbocycles. The highest BCUT2D eigenvalue weighted by Gasteiger charge is 2.20. The van der Waals surface area contributed by atoms with Crippen molar-refractivity contribution in [3.63, 3.8) is 0 Å². The van der Waals surface area contributed by atoms with Crippen LogP contribution in [0.5, 0.6) is 5.75 Å². The number of ether oxygens (including phenoxy) is 2. The van der Waals surface area contributed by atoms with Crippen LogP contribution in [0.25, 0.3) is 22.5 Å². The van der Waals surface area contributed by atoms with E-state index in [1.165, 1.54) is 0 Å². The van der Waals surface area contributed by atoms with E-state index in [-0.39, 0.29) is 0 Å². The third kappa shape index (κ3) is 4.64. The van der Waals surface area contributed by atoms with Crippen molar-refractivity contribution < 1.29 is 18.8 Å². The second kappa shape index (κ2) is 9.39. The van der Waals surface area contributed by atoms with Gasteiger partial charge in [0.05, 0.1) is 7.11 Å². The molecule has 4 aromatic rings. The number of carbonyl (C=O) groups is 1. The van der Waals surface area contributed by atoms with Crippen molar-refractivity contribution in [1.82, 2.24) is 5.16 Å². The van der Waals surface area contributed by atoms with Crippen LogP contribution in [-0.4, -0.2) is 18.4 Å². The molecule has 0 fully saturated rings. The lowest BCUT2D eigenvalue weighted by molar-refractivity contribution is 0.121. The summed E-state index contributed by atoms with van der Waals surface area (Å²) in [5, 5.41) is 6.81. The molecule has 162 valence electrons. The molecule has 0 unspecified atom stereocenters. The van der Waals surface area contributed by atoms with Gasteiger partial charge in [-0.15, -0.1) is 0 Å². The van der Waals surface area contributed by atoms with E-state index < -0.39 is 12.2 Å². The maximum atomic E-state index is 12.6. The van der Waals surface area contributed by atoms with E-state index in [0.29, 0.717) is 22.9 Å². The molecule has 0 saturated heterocycles. The zero-order chi connectivity index (χ0) is 22.5. The van der Waals surface area contributed by atoms with Crippen LogP contribution in [-0.2, 0) is 4.74 Å². The SMILES string of the molecule is COc1cccc([C@@H](C)OC(=O)Nc2c(C)noc2-c2ccc(-c3ccccc3)cc2)c1. The maximum absolute atomic E-state index is 12.6. The molecule has 0 aliphatic carbocycles. The minimum Gasteiger partial charge on any atom is -0.497 e. The topological polar surface area (TPSA) is 73.6 Å². The Kier molecular flexibility index (Phi) is 6.22. The number of anilines is 1. The highest BCUT2D eigenvalue weighted by molar-refractivity contribution is 5.91. The molecule has 1 heterocycles. The van der Waals surface area contributed by atoms with Gasteiger partial charge in [-0.25, -0.2) is 4.79 Å². The van der Waals surface area contributed by atoms with Gasteiger partial charge in [0.15, 0.2) is 5.76 Å². The van der Waals surface area contributed by atoms with Gasteiger partial charge in [-0.05, 0) is 42.7 Å². The average molecular weight is 428 g/mol. The summed E-state index contributed by atoms with van der Waals surface area (Å²) in [5.74, 6) is 1.18. The predicted octanol–water partition coefficient (Wildman–Crippen LogP) is 6.64. The molecule has 6 nitrogen and oxygen atoms in total. The van der Waals surface area contributed by atoms with Crippen LogP contribution in [0.4, 0.5) is 10.5 Å². The first kappa shape index (κ1) is 21.2. The molecule has 1 atom stereocenters. The summed E-state index contributed by atoms with van der Waals surface area (Å²) in [7, 11) is 1.60. The van der Waals surface area contributed by atoms with Crippen LogP contribution >= 0.6 is 0 Å². The fourth-order valence-corrected chi connectivity index (χ4v) is 3.41. The first-order valence-electron chi connectivity index (χ1n) is 10.3. The summed E-state index contributed by atoms with van der Waals surface area (Å²) in [4.78, 5) is 12.6. The Hall–Kier alpha value is -4.06. The molecule has 0 aliphatic rings. The molecule has 1 N–H and O–H groups in total. The highest BCUT2D eigenvalue weighted by atomic mass is 16.6. The second-order valence-corrected chi connectivity index (χ2v) is 7.36. The van der Waals surface area contributed by atoms with E-state index in [9.17, 15) is 4.79 Å². The molecule has 1 amide bonds. The number of amides is 1. The molecule has 3 aromatic carbocycles. The van der Waals surface area contributed by atoms with Crippen molar-refractivity contribution in [3.05, 3.63) is 90.1 Å². The van der Waals surface area contributed by atoms with Gasteiger partial charge in [-0.2, -0.15) is 0 Å². The van der Waals surface area contributed by atoms with E-state index in [1.807, 2.05) is 66.7 Å². The van der Waals surface area contributed by atoms with E-state index in [1.54, 1.807) is 21.0 Å². The Morgan fingerprint density at radius 2 is 1.62 bits per heavy atom. The molecule has 0 spiro atoms. The van der Waals surface area contributed by atoms with Gasteiger partial charge in [0.25, 0.3) is 0 Å². The van der Waals surface area contributed by atoms with Gasteiger partial charge >= 0.3 is 6.09 Å². The summed E-state index contributed by atoms with van der Waals surface area (Å²) < 4.78 is 16.3. The predicted molar refractivity (Wildman–Crippen MR) is 124 cm³/mol. The second-order valence-electron chi connectivity index (χ2n) is 7.36. The van der Waals surface area contributed by atoms with Crippen molar-refractivity contribution in [1.29, 1.82) is 0 Å². The van der Waals surface area contributed by atoms with Crippen molar-refractivity contribution in [2.45, 2.75) is 20.0 Å². The summed E-state index contributed by atoms with van der Waals surface area (Å²) in [6, 6.07) is 25.4. The molecule has 1 aromatic heterocycles. The molecule has 0 bridgehead atoms. The number of methoxy groups -OCH3 is 1. The lowest BCUT2D eigenvalue weighted by Gasteiger charge is -2.15. The van der Waals surface area contributed by atoms with Crippen molar-refractivity contribution in [3.8, 4) is 28.2 Å². The maximum Gasteiger partial charge on any atom is 0.412 e. The fourth-order valence-electron chi connectivity index (χ4n) is 3.41. The lowest BCUT2D eigenvalue weighted by Crippen LogP contribution is -2.16. The minimum absolute atomic E-state index is 0.459. The normalized spacial score (nSPS) is 11.6.